The Morgan fingerprint density at radius 3 is 2.32 bits per heavy atom. The van der Waals surface area contributed by atoms with Gasteiger partial charge in [0.1, 0.15) is 0 Å². The Labute approximate surface area is 178 Å². The maximum atomic E-state index is 5.67. The zero-order valence-electron chi connectivity index (χ0n) is 17.2. The summed E-state index contributed by atoms with van der Waals surface area (Å²) in [5, 5.41) is 9.87. The molecule has 4 nitrogen and oxygen atoms in total. The second-order valence-electron chi connectivity index (χ2n) is 7.36. The quantitative estimate of drug-likeness (QED) is 0.662. The van der Waals surface area contributed by atoms with Crippen molar-refractivity contribution in [3.05, 3.63) is 51.7 Å². The van der Waals surface area contributed by atoms with Gasteiger partial charge >= 0.3 is 0 Å². The van der Waals surface area contributed by atoms with E-state index in [1.54, 1.807) is 0 Å². The molecule has 0 saturated carbocycles. The van der Waals surface area contributed by atoms with Crippen molar-refractivity contribution in [1.82, 2.24) is 15.1 Å². The Hall–Kier alpha value is -1.47. The first-order chi connectivity index (χ1) is 13.6. The van der Waals surface area contributed by atoms with Gasteiger partial charge in [-0.1, -0.05) is 38.1 Å². The molecule has 0 amide bonds. The Kier molecular flexibility index (Phi) is 7.85. The third-order valence-corrected chi connectivity index (χ3v) is 6.76. The molecule has 1 aliphatic heterocycles. The Balaban J connectivity index is 1.66. The van der Waals surface area contributed by atoms with Crippen molar-refractivity contribution in [2.24, 2.45) is 0 Å². The van der Waals surface area contributed by atoms with Crippen molar-refractivity contribution in [2.75, 3.05) is 45.1 Å². The molecular formula is C22H32N4S2. The number of anilines is 1. The number of benzene rings is 1. The Bertz CT molecular complexity index is 730. The molecule has 0 aliphatic carbocycles. The van der Waals surface area contributed by atoms with E-state index >= 15 is 0 Å². The molecule has 2 heterocycles. The molecule has 28 heavy (non-hydrogen) atoms. The number of para-hydroxylation sites is 1. The van der Waals surface area contributed by atoms with E-state index in [9.17, 15) is 0 Å². The molecule has 1 aromatic heterocycles. The largest absolute Gasteiger partial charge is 0.360 e. The molecular weight excluding hydrogens is 384 g/mol. The van der Waals surface area contributed by atoms with Gasteiger partial charge in [-0.05, 0) is 54.7 Å². The highest BCUT2D eigenvalue weighted by Gasteiger charge is 2.24. The lowest BCUT2D eigenvalue weighted by atomic mass is 10.0. The minimum absolute atomic E-state index is 0.362. The van der Waals surface area contributed by atoms with Crippen molar-refractivity contribution in [3.63, 3.8) is 0 Å². The van der Waals surface area contributed by atoms with E-state index in [1.807, 2.05) is 11.3 Å². The second-order valence-corrected chi connectivity index (χ2v) is 8.75. The third-order valence-electron chi connectivity index (χ3n) is 5.54. The van der Waals surface area contributed by atoms with Gasteiger partial charge in [0.15, 0.2) is 5.11 Å². The summed E-state index contributed by atoms with van der Waals surface area (Å²) < 4.78 is 0. The number of nitrogens with zero attached hydrogens (tertiary/aromatic N) is 2. The predicted octanol–water partition coefficient (Wildman–Crippen LogP) is 4.15. The highest BCUT2D eigenvalue weighted by atomic mass is 32.1. The van der Waals surface area contributed by atoms with E-state index in [0.717, 1.165) is 45.6 Å². The van der Waals surface area contributed by atoms with Gasteiger partial charge in [0.2, 0.25) is 0 Å². The molecule has 2 aromatic rings. The second kappa shape index (κ2) is 10.3. The normalized spacial score (nSPS) is 16.7. The number of thiophene rings is 1. The Morgan fingerprint density at radius 2 is 1.75 bits per heavy atom. The summed E-state index contributed by atoms with van der Waals surface area (Å²) in [5.74, 6) is 0. The average Bonchev–Trinajstić information content (AvgIpc) is 3.24. The van der Waals surface area contributed by atoms with Gasteiger partial charge in [-0.3, -0.25) is 4.90 Å². The molecule has 3 rings (SSSR count). The minimum atomic E-state index is 0.362. The summed E-state index contributed by atoms with van der Waals surface area (Å²) in [6.07, 6.45) is 2.00. The van der Waals surface area contributed by atoms with Crippen molar-refractivity contribution in [2.45, 2.75) is 32.7 Å². The SMILES string of the molecule is CCc1cccc(CC)c1NC(=S)NC[C@@H](c1cccs1)N1CCN(C)CC1. The zero-order chi connectivity index (χ0) is 19.9. The number of rotatable bonds is 7. The fourth-order valence-electron chi connectivity index (χ4n) is 3.77. The van der Waals surface area contributed by atoms with E-state index in [2.05, 4.69) is 77.0 Å². The van der Waals surface area contributed by atoms with Crippen LogP contribution in [0.4, 0.5) is 5.69 Å². The van der Waals surface area contributed by atoms with Crippen LogP contribution in [0, 0.1) is 0 Å². The average molecular weight is 417 g/mol. The monoisotopic (exact) mass is 416 g/mol. The molecule has 0 bridgehead atoms. The van der Waals surface area contributed by atoms with Crippen LogP contribution >= 0.6 is 23.6 Å². The molecule has 6 heteroatoms. The van der Waals surface area contributed by atoms with Gasteiger partial charge in [-0.2, -0.15) is 0 Å². The van der Waals surface area contributed by atoms with Gasteiger partial charge in [0.25, 0.3) is 0 Å². The van der Waals surface area contributed by atoms with Crippen LogP contribution in [0.25, 0.3) is 0 Å². The molecule has 1 saturated heterocycles. The van der Waals surface area contributed by atoms with Crippen LogP contribution < -0.4 is 10.6 Å². The maximum absolute atomic E-state index is 5.67. The molecule has 1 atom stereocenters. The summed E-state index contributed by atoms with van der Waals surface area (Å²) in [4.78, 5) is 6.39. The molecule has 1 aromatic carbocycles. The van der Waals surface area contributed by atoms with Crippen LogP contribution in [0.2, 0.25) is 0 Å². The standard InChI is InChI=1S/C22H32N4S2/c1-4-17-8-6-9-18(5-2)21(17)24-22(27)23-16-19(20-10-7-15-28-20)26-13-11-25(3)12-14-26/h6-10,15,19H,4-5,11-14,16H2,1-3H3,(H2,23,24,27)/t19-/m0/s1. The molecule has 1 aliphatic rings. The maximum Gasteiger partial charge on any atom is 0.170 e. The fourth-order valence-corrected chi connectivity index (χ4v) is 4.82. The van der Waals surface area contributed by atoms with Crippen molar-refractivity contribution >= 4 is 34.4 Å². The van der Waals surface area contributed by atoms with E-state index < -0.39 is 0 Å². The predicted molar refractivity (Wildman–Crippen MR) is 126 cm³/mol. The molecule has 0 spiro atoms. The smallest absolute Gasteiger partial charge is 0.170 e. The summed E-state index contributed by atoms with van der Waals surface area (Å²) in [6.45, 7) is 9.64. The highest BCUT2D eigenvalue weighted by Crippen LogP contribution is 2.26. The third kappa shape index (κ3) is 5.32. The number of thiocarbonyl (C=S) groups is 1. The van der Waals surface area contributed by atoms with Gasteiger partial charge in [-0.15, -0.1) is 11.3 Å². The zero-order valence-corrected chi connectivity index (χ0v) is 18.8. The van der Waals surface area contributed by atoms with Crippen LogP contribution in [0.5, 0.6) is 0 Å². The summed E-state index contributed by atoms with van der Waals surface area (Å²) in [6, 6.07) is 11.3. The lowest BCUT2D eigenvalue weighted by Gasteiger charge is -2.37. The number of hydrogen-bond donors (Lipinski definition) is 2. The van der Waals surface area contributed by atoms with E-state index in [-0.39, 0.29) is 0 Å². The first-order valence-corrected chi connectivity index (χ1v) is 11.5. The number of nitrogens with one attached hydrogen (secondary N) is 2. The summed E-state index contributed by atoms with van der Waals surface area (Å²) in [5.41, 5.74) is 3.81. The van der Waals surface area contributed by atoms with Gasteiger partial charge < -0.3 is 15.5 Å². The lowest BCUT2D eigenvalue weighted by molar-refractivity contribution is 0.114. The minimum Gasteiger partial charge on any atom is -0.360 e. The van der Waals surface area contributed by atoms with E-state index in [1.165, 1.54) is 21.7 Å². The van der Waals surface area contributed by atoms with Crippen molar-refractivity contribution in [1.29, 1.82) is 0 Å². The summed E-state index contributed by atoms with van der Waals surface area (Å²) >= 11 is 7.51. The molecule has 0 radical (unpaired) electrons. The number of hydrogen-bond acceptors (Lipinski definition) is 4. The van der Waals surface area contributed by atoms with Crippen molar-refractivity contribution in [3.8, 4) is 0 Å². The molecule has 0 unspecified atom stereocenters. The molecule has 1 fully saturated rings. The van der Waals surface area contributed by atoms with E-state index in [4.69, 9.17) is 12.2 Å². The summed E-state index contributed by atoms with van der Waals surface area (Å²) in [7, 11) is 2.20. The van der Waals surface area contributed by atoms with Crippen LogP contribution in [0.3, 0.4) is 0 Å². The first-order valence-electron chi connectivity index (χ1n) is 10.2. The molecule has 152 valence electrons. The van der Waals surface area contributed by atoms with Crippen LogP contribution in [0.15, 0.2) is 35.7 Å². The lowest BCUT2D eigenvalue weighted by Crippen LogP contribution is -2.48. The molecule has 2 N–H and O–H groups in total. The van der Waals surface area contributed by atoms with E-state index in [0.29, 0.717) is 11.2 Å². The number of likely N-dealkylation sites (N-methyl/N-ethyl adjacent to an activating group) is 1. The van der Waals surface area contributed by atoms with Crippen LogP contribution in [0.1, 0.15) is 35.9 Å². The van der Waals surface area contributed by atoms with Crippen LogP contribution in [-0.4, -0.2) is 54.7 Å². The van der Waals surface area contributed by atoms with Gasteiger partial charge in [-0.25, -0.2) is 0 Å². The van der Waals surface area contributed by atoms with Crippen LogP contribution in [-0.2, 0) is 12.8 Å². The fraction of sp³-hybridized carbons (Fsp3) is 0.500. The van der Waals surface area contributed by atoms with Gasteiger partial charge in [0, 0.05) is 43.3 Å². The Morgan fingerprint density at radius 1 is 1.07 bits per heavy atom. The van der Waals surface area contributed by atoms with Gasteiger partial charge in [0.05, 0.1) is 6.04 Å². The first kappa shape index (κ1) is 21.2. The van der Waals surface area contributed by atoms with Crippen molar-refractivity contribution < 1.29 is 0 Å². The number of aryl methyl sites for hydroxylation is 2. The number of piperazine rings is 1. The topological polar surface area (TPSA) is 30.5 Å². The highest BCUT2D eigenvalue weighted by molar-refractivity contribution is 7.80.